The second-order valence-corrected chi connectivity index (χ2v) is 8.18. The molecule has 2 aromatic carbocycles. The third kappa shape index (κ3) is 5.79. The molecule has 0 saturated carbocycles. The minimum absolute atomic E-state index is 0.0539. The van der Waals surface area contributed by atoms with Gasteiger partial charge in [-0.1, -0.05) is 0 Å². The highest BCUT2D eigenvalue weighted by atomic mass is 79.9. The van der Waals surface area contributed by atoms with Gasteiger partial charge in [0.15, 0.2) is 5.11 Å². The van der Waals surface area contributed by atoms with Crippen LogP contribution in [-0.2, 0) is 0 Å². The van der Waals surface area contributed by atoms with Crippen LogP contribution >= 0.6 is 28.1 Å². The molecule has 0 spiro atoms. The minimum atomic E-state index is -0.326. The van der Waals surface area contributed by atoms with Crippen LogP contribution in [0.4, 0.5) is 5.69 Å². The fourth-order valence-corrected chi connectivity index (χ4v) is 3.93. The van der Waals surface area contributed by atoms with E-state index in [2.05, 4.69) is 26.6 Å². The third-order valence-corrected chi connectivity index (χ3v) is 5.58. The maximum Gasteiger partial charge on any atom is 0.257 e. The largest absolute Gasteiger partial charge is 0.493 e. The first kappa shape index (κ1) is 22.2. The van der Waals surface area contributed by atoms with Crippen molar-refractivity contribution in [1.82, 2.24) is 10.2 Å². The lowest BCUT2D eigenvalue weighted by atomic mass is 10.1. The Labute approximate surface area is 190 Å². The zero-order valence-corrected chi connectivity index (χ0v) is 19.1. The van der Waals surface area contributed by atoms with Gasteiger partial charge in [0.2, 0.25) is 0 Å². The SMILES string of the molecule is CCOc1ccc(C(=O)NC(=S)Nc2ccc(C(=O)N3CCCCC3)cc2)cc1Br. The van der Waals surface area contributed by atoms with Gasteiger partial charge in [0.25, 0.3) is 11.8 Å². The number of carbonyl (C=O) groups is 2. The summed E-state index contributed by atoms with van der Waals surface area (Å²) in [7, 11) is 0. The fraction of sp³-hybridized carbons (Fsp3) is 0.318. The van der Waals surface area contributed by atoms with Crippen LogP contribution in [0.3, 0.4) is 0 Å². The molecule has 2 N–H and O–H groups in total. The lowest BCUT2D eigenvalue weighted by molar-refractivity contribution is 0.0724. The van der Waals surface area contributed by atoms with E-state index in [0.717, 1.165) is 25.9 Å². The summed E-state index contributed by atoms with van der Waals surface area (Å²) < 4.78 is 6.15. The number of rotatable bonds is 5. The zero-order valence-electron chi connectivity index (χ0n) is 16.7. The summed E-state index contributed by atoms with van der Waals surface area (Å²) in [6, 6.07) is 12.2. The number of ether oxygens (including phenoxy) is 1. The van der Waals surface area contributed by atoms with E-state index in [0.29, 0.717) is 33.6 Å². The molecule has 0 aromatic heterocycles. The number of nitrogens with one attached hydrogen (secondary N) is 2. The number of nitrogens with zero attached hydrogens (tertiary/aromatic N) is 1. The molecule has 1 saturated heterocycles. The number of thiocarbonyl (C=S) groups is 1. The van der Waals surface area contributed by atoms with E-state index in [1.807, 2.05) is 11.8 Å². The topological polar surface area (TPSA) is 70.7 Å². The van der Waals surface area contributed by atoms with Gasteiger partial charge < -0.3 is 15.0 Å². The number of likely N-dealkylation sites (tertiary alicyclic amines) is 1. The number of carbonyl (C=O) groups excluding carboxylic acids is 2. The van der Waals surface area contributed by atoms with Crippen molar-refractivity contribution in [2.24, 2.45) is 0 Å². The number of benzene rings is 2. The van der Waals surface area contributed by atoms with E-state index in [4.69, 9.17) is 17.0 Å². The van der Waals surface area contributed by atoms with Gasteiger partial charge in [-0.3, -0.25) is 14.9 Å². The quantitative estimate of drug-likeness (QED) is 0.600. The average Bonchev–Trinajstić information content (AvgIpc) is 2.76. The van der Waals surface area contributed by atoms with Gasteiger partial charge in [-0.2, -0.15) is 0 Å². The molecule has 30 heavy (non-hydrogen) atoms. The molecule has 1 fully saturated rings. The summed E-state index contributed by atoms with van der Waals surface area (Å²) in [5.41, 5.74) is 1.80. The van der Waals surface area contributed by atoms with Gasteiger partial charge in [-0.05, 0) is 96.8 Å². The number of anilines is 1. The van der Waals surface area contributed by atoms with Gasteiger partial charge >= 0.3 is 0 Å². The van der Waals surface area contributed by atoms with Gasteiger partial charge in [0.05, 0.1) is 11.1 Å². The van der Waals surface area contributed by atoms with Crippen molar-refractivity contribution in [1.29, 1.82) is 0 Å². The molecule has 0 atom stereocenters. The van der Waals surface area contributed by atoms with Crippen LogP contribution in [0, 0.1) is 0 Å². The highest BCUT2D eigenvalue weighted by Crippen LogP contribution is 2.26. The molecule has 1 heterocycles. The molecule has 1 aliphatic heterocycles. The van der Waals surface area contributed by atoms with Crippen LogP contribution in [0.1, 0.15) is 46.9 Å². The standard InChI is InChI=1S/C22H24BrN3O3S/c1-2-29-19-11-8-16(14-18(19)23)20(27)25-22(30)24-17-9-6-15(7-10-17)21(28)26-12-4-3-5-13-26/h6-11,14H,2-5,12-13H2,1H3,(H2,24,25,27,30). The lowest BCUT2D eigenvalue weighted by Crippen LogP contribution is -2.35. The first-order valence-electron chi connectivity index (χ1n) is 9.92. The van der Waals surface area contributed by atoms with Crippen LogP contribution in [-0.4, -0.2) is 41.5 Å². The fourth-order valence-electron chi connectivity index (χ4n) is 3.23. The Balaban J connectivity index is 1.56. The van der Waals surface area contributed by atoms with Crippen molar-refractivity contribution >= 4 is 50.8 Å². The van der Waals surface area contributed by atoms with Crippen molar-refractivity contribution in [2.75, 3.05) is 25.0 Å². The van der Waals surface area contributed by atoms with E-state index >= 15 is 0 Å². The van der Waals surface area contributed by atoms with Gasteiger partial charge in [0.1, 0.15) is 5.75 Å². The molecule has 0 radical (unpaired) electrons. The molecule has 2 amide bonds. The Hall–Kier alpha value is -2.45. The maximum atomic E-state index is 12.5. The Morgan fingerprint density at radius 2 is 1.73 bits per heavy atom. The van der Waals surface area contributed by atoms with Gasteiger partial charge in [-0.15, -0.1) is 0 Å². The second-order valence-electron chi connectivity index (χ2n) is 6.92. The molecule has 1 aliphatic rings. The smallest absolute Gasteiger partial charge is 0.257 e. The van der Waals surface area contributed by atoms with E-state index in [1.165, 1.54) is 6.42 Å². The maximum absolute atomic E-state index is 12.5. The van der Waals surface area contributed by atoms with Crippen LogP contribution in [0.25, 0.3) is 0 Å². The van der Waals surface area contributed by atoms with E-state index in [9.17, 15) is 9.59 Å². The summed E-state index contributed by atoms with van der Waals surface area (Å²) in [6.45, 7) is 4.07. The summed E-state index contributed by atoms with van der Waals surface area (Å²) in [5.74, 6) is 0.403. The number of piperidine rings is 1. The summed E-state index contributed by atoms with van der Waals surface area (Å²) in [4.78, 5) is 26.9. The Morgan fingerprint density at radius 1 is 1.07 bits per heavy atom. The Morgan fingerprint density at radius 3 is 2.37 bits per heavy atom. The van der Waals surface area contributed by atoms with Crippen LogP contribution < -0.4 is 15.4 Å². The number of hydrogen-bond acceptors (Lipinski definition) is 4. The average molecular weight is 490 g/mol. The van der Waals surface area contributed by atoms with Gasteiger partial charge in [-0.25, -0.2) is 0 Å². The third-order valence-electron chi connectivity index (χ3n) is 4.75. The van der Waals surface area contributed by atoms with E-state index < -0.39 is 0 Å². The van der Waals surface area contributed by atoms with E-state index in [-0.39, 0.29) is 16.9 Å². The monoisotopic (exact) mass is 489 g/mol. The molecular weight excluding hydrogens is 466 g/mol. The summed E-state index contributed by atoms with van der Waals surface area (Å²) in [6.07, 6.45) is 3.30. The molecular formula is C22H24BrN3O3S. The first-order chi connectivity index (χ1) is 14.5. The lowest BCUT2D eigenvalue weighted by Gasteiger charge is -2.26. The zero-order chi connectivity index (χ0) is 21.5. The van der Waals surface area contributed by atoms with Crippen LogP contribution in [0.2, 0.25) is 0 Å². The van der Waals surface area contributed by atoms with Crippen LogP contribution in [0.15, 0.2) is 46.9 Å². The number of halogens is 1. The second kappa shape index (κ2) is 10.5. The van der Waals surface area contributed by atoms with Crippen molar-refractivity contribution in [3.05, 3.63) is 58.1 Å². The molecule has 6 nitrogen and oxygen atoms in total. The highest BCUT2D eigenvalue weighted by molar-refractivity contribution is 9.10. The number of hydrogen-bond donors (Lipinski definition) is 2. The molecule has 8 heteroatoms. The predicted octanol–water partition coefficient (Wildman–Crippen LogP) is 4.60. The molecule has 0 bridgehead atoms. The highest BCUT2D eigenvalue weighted by Gasteiger charge is 2.18. The Bertz CT molecular complexity index is 928. The van der Waals surface area contributed by atoms with Crippen molar-refractivity contribution in [2.45, 2.75) is 26.2 Å². The predicted molar refractivity (Wildman–Crippen MR) is 125 cm³/mol. The van der Waals surface area contributed by atoms with Gasteiger partial charge in [0, 0.05) is 29.9 Å². The van der Waals surface area contributed by atoms with Crippen molar-refractivity contribution in [3.63, 3.8) is 0 Å². The molecule has 2 aromatic rings. The van der Waals surface area contributed by atoms with E-state index in [1.54, 1.807) is 42.5 Å². The molecule has 3 rings (SSSR count). The summed E-state index contributed by atoms with van der Waals surface area (Å²) >= 11 is 8.64. The van der Waals surface area contributed by atoms with Crippen molar-refractivity contribution in [3.8, 4) is 5.75 Å². The minimum Gasteiger partial charge on any atom is -0.493 e. The van der Waals surface area contributed by atoms with Crippen LogP contribution in [0.5, 0.6) is 5.75 Å². The molecule has 0 unspecified atom stereocenters. The normalized spacial score (nSPS) is 13.5. The number of amides is 2. The molecule has 158 valence electrons. The molecule has 0 aliphatic carbocycles. The van der Waals surface area contributed by atoms with Crippen molar-refractivity contribution < 1.29 is 14.3 Å². The Kier molecular flexibility index (Phi) is 7.81. The summed E-state index contributed by atoms with van der Waals surface area (Å²) in [5, 5.41) is 5.81. The first-order valence-corrected chi connectivity index (χ1v) is 11.1.